The van der Waals surface area contributed by atoms with Crippen molar-refractivity contribution in [3.8, 4) is 0 Å². The predicted octanol–water partition coefficient (Wildman–Crippen LogP) is 1.37. The van der Waals surface area contributed by atoms with Crippen molar-refractivity contribution in [1.29, 1.82) is 0 Å². The van der Waals surface area contributed by atoms with Gasteiger partial charge in [-0.3, -0.25) is 4.79 Å². The Hall–Kier alpha value is -1.71. The predicted molar refractivity (Wildman–Crippen MR) is 104 cm³/mol. The van der Waals surface area contributed by atoms with Crippen molar-refractivity contribution in [2.45, 2.75) is 4.90 Å². The average Bonchev–Trinajstić information content (AvgIpc) is 2.85. The number of anilines is 1. The van der Waals surface area contributed by atoms with Crippen molar-refractivity contribution < 1.29 is 17.9 Å². The molecule has 0 fully saturated rings. The van der Waals surface area contributed by atoms with Crippen LogP contribution in [0.2, 0.25) is 0 Å². The number of hydrogen-bond donors (Lipinski definition) is 2. The Morgan fingerprint density at radius 3 is 2.62 bits per heavy atom. The van der Waals surface area contributed by atoms with Crippen LogP contribution in [0.25, 0.3) is 10.8 Å². The van der Waals surface area contributed by atoms with Gasteiger partial charge in [-0.2, -0.15) is 0 Å². The monoisotopic (exact) mass is 399 g/mol. The lowest BCUT2D eigenvalue weighted by molar-refractivity contribution is 0.0999. The van der Waals surface area contributed by atoms with Gasteiger partial charge in [0, 0.05) is 50.1 Å². The Morgan fingerprint density at radius 2 is 1.88 bits per heavy atom. The first-order valence-electron chi connectivity index (χ1n) is 8.00. The number of methoxy groups -OCH3 is 1. The highest BCUT2D eigenvalue weighted by atomic mass is 35.5. The van der Waals surface area contributed by atoms with E-state index in [1.165, 1.54) is 0 Å². The summed E-state index contributed by atoms with van der Waals surface area (Å²) >= 11 is 0. The molecule has 7 nitrogen and oxygen atoms in total. The third-order valence-electron chi connectivity index (χ3n) is 4.24. The summed E-state index contributed by atoms with van der Waals surface area (Å²) in [6.45, 7) is 2.01. The fraction of sp³-hybridized carbons (Fsp3) is 0.353. The highest BCUT2D eigenvalue weighted by Crippen LogP contribution is 2.39. The first kappa shape index (κ1) is 20.6. The molecular formula is C17H22ClN3O4S. The third-order valence-corrected chi connectivity index (χ3v) is 5.76. The number of carbonyl (C=O) groups is 1. The van der Waals surface area contributed by atoms with E-state index in [-0.39, 0.29) is 29.8 Å². The zero-order valence-electron chi connectivity index (χ0n) is 14.6. The van der Waals surface area contributed by atoms with Crippen LogP contribution in [0, 0.1) is 0 Å². The van der Waals surface area contributed by atoms with Crippen LogP contribution in [-0.4, -0.2) is 54.7 Å². The lowest BCUT2D eigenvalue weighted by Gasteiger charge is -2.13. The van der Waals surface area contributed by atoms with Gasteiger partial charge >= 0.3 is 0 Å². The molecule has 26 heavy (non-hydrogen) atoms. The molecule has 2 aromatic rings. The molecule has 0 bridgehead atoms. The van der Waals surface area contributed by atoms with Crippen molar-refractivity contribution in [2.75, 3.05) is 45.3 Å². The maximum absolute atomic E-state index is 12.7. The summed E-state index contributed by atoms with van der Waals surface area (Å²) in [6, 6.07) is 8.41. The number of carbonyl (C=O) groups excluding carboxylic acids is 1. The van der Waals surface area contributed by atoms with Gasteiger partial charge in [-0.1, -0.05) is 12.1 Å². The van der Waals surface area contributed by atoms with Crippen LogP contribution in [0.4, 0.5) is 5.69 Å². The molecule has 0 aliphatic carbocycles. The van der Waals surface area contributed by atoms with E-state index in [0.717, 1.165) is 5.69 Å². The van der Waals surface area contributed by atoms with Crippen LogP contribution < -0.4 is 14.9 Å². The van der Waals surface area contributed by atoms with Crippen molar-refractivity contribution in [1.82, 2.24) is 10.0 Å². The van der Waals surface area contributed by atoms with Gasteiger partial charge in [0.05, 0.1) is 17.2 Å². The summed E-state index contributed by atoms with van der Waals surface area (Å²) in [4.78, 5) is 14.0. The zero-order chi connectivity index (χ0) is 18.0. The molecule has 2 aromatic carbocycles. The fourth-order valence-electron chi connectivity index (χ4n) is 2.99. The zero-order valence-corrected chi connectivity index (χ0v) is 16.2. The van der Waals surface area contributed by atoms with Crippen molar-refractivity contribution >= 4 is 44.8 Å². The quantitative estimate of drug-likeness (QED) is 0.654. The first-order valence-corrected chi connectivity index (χ1v) is 9.49. The number of amides is 1. The van der Waals surface area contributed by atoms with Crippen LogP contribution in [0.15, 0.2) is 35.2 Å². The van der Waals surface area contributed by atoms with E-state index < -0.39 is 10.0 Å². The van der Waals surface area contributed by atoms with Gasteiger partial charge in [-0.05, 0) is 18.2 Å². The average molecular weight is 400 g/mol. The Labute approximate surface area is 159 Å². The largest absolute Gasteiger partial charge is 0.383 e. The highest BCUT2D eigenvalue weighted by molar-refractivity contribution is 7.89. The highest BCUT2D eigenvalue weighted by Gasteiger charge is 2.29. The van der Waals surface area contributed by atoms with Gasteiger partial charge in [-0.25, -0.2) is 13.1 Å². The second-order valence-electron chi connectivity index (χ2n) is 5.82. The normalized spacial score (nSPS) is 13.3. The topological polar surface area (TPSA) is 87.7 Å². The molecule has 3 rings (SSSR count). The number of nitrogens with zero attached hydrogens (tertiary/aromatic N) is 1. The van der Waals surface area contributed by atoms with Crippen LogP contribution in [0.3, 0.4) is 0 Å². The van der Waals surface area contributed by atoms with Crippen molar-refractivity contribution in [2.24, 2.45) is 0 Å². The number of halogens is 1. The molecule has 1 amide bonds. The van der Waals surface area contributed by atoms with Crippen molar-refractivity contribution in [3.05, 3.63) is 35.9 Å². The van der Waals surface area contributed by atoms with E-state index in [1.807, 2.05) is 0 Å². The second-order valence-corrected chi connectivity index (χ2v) is 7.55. The standard InChI is InChI=1S/C17H21N3O4S.ClH/c1-20-14-6-7-15(12-4-3-5-13(16(12)14)17(20)21)25(22,23)19-9-8-18-10-11-24-2;/h3-7,18-19H,8-11H2,1-2H3;1H. The number of benzene rings is 2. The van der Waals surface area contributed by atoms with Gasteiger partial charge in [0.15, 0.2) is 0 Å². The Morgan fingerprint density at radius 1 is 1.12 bits per heavy atom. The Balaban J connectivity index is 0.00000243. The van der Waals surface area contributed by atoms with E-state index in [1.54, 1.807) is 49.4 Å². The number of nitrogens with one attached hydrogen (secondary N) is 2. The van der Waals surface area contributed by atoms with E-state index in [4.69, 9.17) is 4.74 Å². The minimum absolute atomic E-state index is 0. The second kappa shape index (κ2) is 8.32. The number of ether oxygens (including phenoxy) is 1. The molecule has 1 aliphatic rings. The summed E-state index contributed by atoms with van der Waals surface area (Å²) in [5.41, 5.74) is 1.27. The molecule has 0 unspecified atom stereocenters. The summed E-state index contributed by atoms with van der Waals surface area (Å²) in [6.07, 6.45) is 0. The SMILES string of the molecule is COCCNCCNS(=O)(=O)c1ccc2c3c(cccc13)C(=O)N2C.Cl. The lowest BCUT2D eigenvalue weighted by Crippen LogP contribution is -2.33. The molecule has 9 heteroatoms. The summed E-state index contributed by atoms with van der Waals surface area (Å²) in [5.74, 6) is -0.120. The Kier molecular flexibility index (Phi) is 6.59. The molecule has 142 valence electrons. The fourth-order valence-corrected chi connectivity index (χ4v) is 4.23. The third kappa shape index (κ3) is 3.70. The van der Waals surface area contributed by atoms with E-state index in [2.05, 4.69) is 10.0 Å². The van der Waals surface area contributed by atoms with Gasteiger partial charge in [-0.15, -0.1) is 12.4 Å². The number of rotatable bonds is 8. The summed E-state index contributed by atoms with van der Waals surface area (Å²) in [7, 11) is -0.368. The van der Waals surface area contributed by atoms with Gasteiger partial charge in [0.25, 0.3) is 5.91 Å². The Bertz CT molecular complexity index is 918. The number of sulfonamides is 1. The van der Waals surface area contributed by atoms with E-state index in [9.17, 15) is 13.2 Å². The minimum atomic E-state index is -3.67. The molecule has 0 spiro atoms. The first-order chi connectivity index (χ1) is 12.0. The van der Waals surface area contributed by atoms with Crippen molar-refractivity contribution in [3.63, 3.8) is 0 Å². The summed E-state index contributed by atoms with van der Waals surface area (Å²) in [5, 5.41) is 4.34. The van der Waals surface area contributed by atoms with Crippen LogP contribution in [-0.2, 0) is 14.8 Å². The maximum atomic E-state index is 12.7. The lowest BCUT2D eigenvalue weighted by atomic mass is 10.1. The van der Waals surface area contributed by atoms with Gasteiger partial charge in [0.2, 0.25) is 10.0 Å². The molecule has 1 aliphatic heterocycles. The molecular weight excluding hydrogens is 378 g/mol. The number of hydrogen-bond acceptors (Lipinski definition) is 5. The van der Waals surface area contributed by atoms with E-state index in [0.29, 0.717) is 36.0 Å². The maximum Gasteiger partial charge on any atom is 0.258 e. The molecule has 0 radical (unpaired) electrons. The summed E-state index contributed by atoms with van der Waals surface area (Å²) < 4.78 is 32.9. The molecule has 0 aromatic heterocycles. The van der Waals surface area contributed by atoms with Crippen LogP contribution in [0.5, 0.6) is 0 Å². The molecule has 0 atom stereocenters. The van der Waals surface area contributed by atoms with E-state index >= 15 is 0 Å². The van der Waals surface area contributed by atoms with Gasteiger partial charge in [0.1, 0.15) is 0 Å². The minimum Gasteiger partial charge on any atom is -0.383 e. The van der Waals surface area contributed by atoms with Crippen LogP contribution >= 0.6 is 12.4 Å². The smallest absolute Gasteiger partial charge is 0.258 e. The van der Waals surface area contributed by atoms with Gasteiger partial charge < -0.3 is 15.0 Å². The van der Waals surface area contributed by atoms with Crippen LogP contribution in [0.1, 0.15) is 10.4 Å². The molecule has 2 N–H and O–H groups in total. The molecule has 0 saturated carbocycles. The molecule has 0 saturated heterocycles. The molecule has 1 heterocycles.